The van der Waals surface area contributed by atoms with Crippen LogP contribution in [0.2, 0.25) is 20.2 Å². The maximum atomic E-state index is 11.3. The van der Waals surface area contributed by atoms with E-state index < -0.39 is 5.97 Å². The van der Waals surface area contributed by atoms with Crippen LogP contribution in [0.1, 0.15) is 47.2 Å². The molecule has 0 bridgehead atoms. The quantitative estimate of drug-likeness (QED) is 0.0308. The van der Waals surface area contributed by atoms with Crippen LogP contribution in [-0.4, -0.2) is 72.3 Å². The second kappa shape index (κ2) is 28.1. The lowest BCUT2D eigenvalue weighted by molar-refractivity contribution is -0.138. The number of carboxylic acid groups (broad SMARTS) is 1. The number of fused-ring (bicyclic) bond motifs is 3. The molecule has 0 fully saturated rings. The third-order valence-electron chi connectivity index (χ3n) is 12.3. The number of rotatable bonds is 18. The van der Waals surface area contributed by atoms with Crippen molar-refractivity contribution >= 4 is 108 Å². The SMILES string of the molecule is CCN(Cc1ccccc1)Cc1ccc2c(Cl)cnc(Cl)c2c1.CCN(Cc1ccccc1)Cc1ccc2c(Cl)cnc(N=C(N)N)c2c1.NC(N)=Nc1ncc(Cl)c2ccc(CN(CC(=O)O)Cc3ccccc3)cc12. The van der Waals surface area contributed by atoms with E-state index >= 15 is 0 Å². The minimum Gasteiger partial charge on any atom is -0.480 e. The van der Waals surface area contributed by atoms with E-state index in [2.05, 4.69) is 121 Å². The van der Waals surface area contributed by atoms with Gasteiger partial charge in [0.25, 0.3) is 0 Å². The van der Waals surface area contributed by atoms with Crippen LogP contribution < -0.4 is 22.9 Å². The minimum atomic E-state index is -0.886. The number of carboxylic acids is 1. The molecule has 0 unspecified atom stereocenters. The molecule has 9 aromatic rings. The maximum Gasteiger partial charge on any atom is 0.317 e. The van der Waals surface area contributed by atoms with E-state index in [1.807, 2.05) is 77.7 Å². The van der Waals surface area contributed by atoms with E-state index in [4.69, 9.17) is 69.3 Å². The van der Waals surface area contributed by atoms with Crippen molar-refractivity contribution in [1.82, 2.24) is 29.7 Å². The topological polar surface area (TPSA) is 214 Å². The molecule has 77 heavy (non-hydrogen) atoms. The van der Waals surface area contributed by atoms with Crippen LogP contribution in [0.25, 0.3) is 32.3 Å². The summed E-state index contributed by atoms with van der Waals surface area (Å²) in [5.74, 6) is -0.155. The van der Waals surface area contributed by atoms with Gasteiger partial charge in [0.15, 0.2) is 23.6 Å². The smallest absolute Gasteiger partial charge is 0.317 e. The Morgan fingerprint density at radius 3 is 1.13 bits per heavy atom. The number of hydrogen-bond acceptors (Lipinski definition) is 9. The average molecular weight is 1110 g/mol. The van der Waals surface area contributed by atoms with Gasteiger partial charge in [0.2, 0.25) is 0 Å². The Morgan fingerprint density at radius 1 is 0.442 bits per heavy atom. The molecule has 3 heterocycles. The Bertz CT molecular complexity index is 3480. The normalized spacial score (nSPS) is 11.1. The summed E-state index contributed by atoms with van der Waals surface area (Å²) in [6.45, 7) is 10.6. The Morgan fingerprint density at radius 2 is 0.766 bits per heavy atom. The fourth-order valence-electron chi connectivity index (χ4n) is 8.64. The monoisotopic (exact) mass is 1110 g/mol. The molecule has 0 radical (unpaired) electrons. The standard InChI is InChI=1S/C20H20ClN5O2.C20H22ClN5.C19H18Cl2N2/c21-17-9-24-19(25-20(22)23)16-8-14(6-7-15(16)17)11-26(12-18(27)28)10-13-4-2-1-3-5-13;1-2-26(12-14-6-4-3-5-7-14)13-15-8-9-16-17(10-15)19(25-20(22)23)24-11-18(16)21;1-2-23(12-14-6-4-3-5-7-14)13-15-8-9-16-17(10-15)19(21)22-11-18(16)20/h1-9H,10-12H2,(H,27,28)(H4,22,23,24,25);3-11H,2,12-13H2,1H3,(H4,22,23,24,25);3-11H,2,12-13H2,1H3. The van der Waals surface area contributed by atoms with Gasteiger partial charge < -0.3 is 28.0 Å². The maximum absolute atomic E-state index is 11.3. The molecule has 0 amide bonds. The Kier molecular flexibility index (Phi) is 20.9. The number of pyridine rings is 3. The summed E-state index contributed by atoms with van der Waals surface area (Å²) < 4.78 is 0. The summed E-state index contributed by atoms with van der Waals surface area (Å²) in [5.41, 5.74) is 29.0. The Hall–Kier alpha value is -7.40. The molecule has 3 aromatic heterocycles. The number of nitrogens with zero attached hydrogens (tertiary/aromatic N) is 8. The highest BCUT2D eigenvalue weighted by molar-refractivity contribution is 6.39. The highest BCUT2D eigenvalue weighted by Crippen LogP contribution is 2.33. The predicted octanol–water partition coefficient (Wildman–Crippen LogP) is 12.3. The predicted molar refractivity (Wildman–Crippen MR) is 317 cm³/mol. The van der Waals surface area contributed by atoms with Gasteiger partial charge >= 0.3 is 5.97 Å². The molecule has 9 N–H and O–H groups in total. The lowest BCUT2D eigenvalue weighted by atomic mass is 10.1. The van der Waals surface area contributed by atoms with Gasteiger partial charge in [-0.3, -0.25) is 19.5 Å². The van der Waals surface area contributed by atoms with Gasteiger partial charge in [-0.1, -0.05) is 188 Å². The summed E-state index contributed by atoms with van der Waals surface area (Å²) in [7, 11) is 0. The molecule has 14 nitrogen and oxygen atoms in total. The lowest BCUT2D eigenvalue weighted by Crippen LogP contribution is -2.28. The summed E-state index contributed by atoms with van der Waals surface area (Å²) in [6, 6.07) is 48.7. The van der Waals surface area contributed by atoms with Gasteiger partial charge in [-0.2, -0.15) is 9.98 Å². The van der Waals surface area contributed by atoms with Crippen LogP contribution in [0.15, 0.2) is 174 Å². The van der Waals surface area contributed by atoms with Crippen molar-refractivity contribution in [3.8, 4) is 0 Å². The number of aliphatic imine (C=N–C) groups is 2. The van der Waals surface area contributed by atoms with Crippen molar-refractivity contribution in [3.63, 3.8) is 0 Å². The van der Waals surface area contributed by atoms with Crippen molar-refractivity contribution < 1.29 is 9.90 Å². The number of guanidine groups is 2. The van der Waals surface area contributed by atoms with Crippen molar-refractivity contribution in [3.05, 3.63) is 218 Å². The molecule has 9 rings (SSSR count). The fourth-order valence-corrected chi connectivity index (χ4v) is 9.49. The van der Waals surface area contributed by atoms with Crippen molar-refractivity contribution in [1.29, 1.82) is 0 Å². The molecule has 6 aromatic carbocycles. The van der Waals surface area contributed by atoms with Crippen LogP contribution in [0.5, 0.6) is 0 Å². The number of aromatic nitrogens is 3. The van der Waals surface area contributed by atoms with Gasteiger partial charge in [0.1, 0.15) is 5.15 Å². The van der Waals surface area contributed by atoms with E-state index in [1.54, 1.807) is 12.4 Å². The number of hydrogen-bond donors (Lipinski definition) is 5. The van der Waals surface area contributed by atoms with Crippen LogP contribution in [0, 0.1) is 0 Å². The molecule has 396 valence electrons. The number of nitrogens with two attached hydrogens (primary N) is 4. The van der Waals surface area contributed by atoms with Gasteiger partial charge in [-0.15, -0.1) is 0 Å². The molecule has 0 aliphatic heterocycles. The zero-order valence-electron chi connectivity index (χ0n) is 42.7. The first-order valence-electron chi connectivity index (χ1n) is 24.7. The van der Waals surface area contributed by atoms with Gasteiger partial charge in [0.05, 0.1) is 21.6 Å². The lowest BCUT2D eigenvalue weighted by Gasteiger charge is -2.21. The first-order chi connectivity index (χ1) is 37.2. The molecule has 0 aliphatic rings. The summed E-state index contributed by atoms with van der Waals surface area (Å²) in [5, 5.41) is 16.5. The molecule has 0 aliphatic carbocycles. The largest absolute Gasteiger partial charge is 0.480 e. The van der Waals surface area contributed by atoms with Crippen LogP contribution in [0.3, 0.4) is 0 Å². The molecule has 0 atom stereocenters. The fraction of sp³-hybridized carbons (Fsp3) is 0.186. The average Bonchev–Trinajstić information content (AvgIpc) is 3.42. The highest BCUT2D eigenvalue weighted by atomic mass is 35.5. The molecule has 0 spiro atoms. The van der Waals surface area contributed by atoms with E-state index in [1.165, 1.54) is 22.9 Å². The second-order valence-corrected chi connectivity index (χ2v) is 19.7. The van der Waals surface area contributed by atoms with Crippen LogP contribution in [0.4, 0.5) is 11.6 Å². The van der Waals surface area contributed by atoms with E-state index in [0.717, 1.165) is 82.9 Å². The Labute approximate surface area is 468 Å². The van der Waals surface area contributed by atoms with E-state index in [9.17, 15) is 9.90 Å². The third-order valence-corrected chi connectivity index (χ3v) is 13.5. The summed E-state index contributed by atoms with van der Waals surface area (Å²) >= 11 is 24.9. The van der Waals surface area contributed by atoms with Gasteiger partial charge in [-0.25, -0.2) is 15.0 Å². The van der Waals surface area contributed by atoms with E-state index in [0.29, 0.717) is 50.3 Å². The van der Waals surface area contributed by atoms with Crippen LogP contribution in [-0.2, 0) is 44.1 Å². The van der Waals surface area contributed by atoms with Crippen molar-refractivity contribution in [2.75, 3.05) is 19.6 Å². The first kappa shape index (κ1) is 57.3. The zero-order valence-corrected chi connectivity index (χ0v) is 45.7. The highest BCUT2D eigenvalue weighted by Gasteiger charge is 2.15. The summed E-state index contributed by atoms with van der Waals surface area (Å²) in [6.07, 6.45) is 4.66. The van der Waals surface area contributed by atoms with E-state index in [-0.39, 0.29) is 18.5 Å². The number of benzene rings is 6. The molecule has 0 saturated heterocycles. The number of aliphatic carboxylic acids is 1. The molecule has 18 heteroatoms. The Balaban J connectivity index is 0.000000169. The third kappa shape index (κ3) is 16.8. The first-order valence-corrected chi connectivity index (χ1v) is 26.2. The molecular weight excluding hydrogens is 1050 g/mol. The minimum absolute atomic E-state index is 0.0224. The van der Waals surface area contributed by atoms with Crippen LogP contribution >= 0.6 is 46.4 Å². The molecule has 0 saturated carbocycles. The number of carbonyl (C=O) groups is 1. The second-order valence-electron chi connectivity index (χ2n) is 18.1. The van der Waals surface area contributed by atoms with Crippen molar-refractivity contribution in [2.24, 2.45) is 32.9 Å². The zero-order chi connectivity index (χ0) is 54.8. The summed E-state index contributed by atoms with van der Waals surface area (Å²) in [4.78, 5) is 38.7. The number of halogens is 4. The van der Waals surface area contributed by atoms with Gasteiger partial charge in [0, 0.05) is 90.2 Å². The molecular formula is C59H60Cl4N12O2. The van der Waals surface area contributed by atoms with Gasteiger partial charge in [-0.05, 0) is 64.7 Å². The van der Waals surface area contributed by atoms with Crippen molar-refractivity contribution in [2.45, 2.75) is 53.1 Å².